The van der Waals surface area contributed by atoms with E-state index in [1.165, 1.54) is 175 Å². The maximum absolute atomic E-state index is 12.9. The van der Waals surface area contributed by atoms with Gasteiger partial charge in [0.2, 0.25) is 0 Å². The summed E-state index contributed by atoms with van der Waals surface area (Å²) in [5.74, 6) is 6.13. The maximum atomic E-state index is 12.9. The van der Waals surface area contributed by atoms with Gasteiger partial charge in [0.25, 0.3) is 11.8 Å². The van der Waals surface area contributed by atoms with Crippen molar-refractivity contribution in [2.45, 2.75) is 358 Å². The number of carbonyl (C=O) groups is 6. The van der Waals surface area contributed by atoms with E-state index in [-0.39, 0.29) is 117 Å². The number of hydrogen-bond acceptors (Lipinski definition) is 11. The number of carbonyl (C=O) groups excluding carboxylic acids is 4. The average molecular weight is 2050 g/mol. The molecule has 3 aromatic rings. The number of likely N-dealkylation sites (N-methyl/N-ethyl adjacent to an activating group) is 2. The van der Waals surface area contributed by atoms with Crippen LogP contribution in [0.1, 0.15) is 394 Å². The number of allylic oxidation sites excluding steroid dienone is 12. The monoisotopic (exact) mass is 2050 g/mol. The molecule has 814 valence electrons. The van der Waals surface area contributed by atoms with Crippen LogP contribution >= 0.6 is 12.4 Å². The van der Waals surface area contributed by atoms with Crippen molar-refractivity contribution in [1.82, 2.24) is 10.1 Å². The summed E-state index contributed by atoms with van der Waals surface area (Å²) in [7, 11) is 8.15. The van der Waals surface area contributed by atoms with E-state index in [9.17, 15) is 39.0 Å². The summed E-state index contributed by atoms with van der Waals surface area (Å²) in [5.41, 5.74) is 14.5. The lowest BCUT2D eigenvalue weighted by molar-refractivity contribution is -0.221. The molecule has 0 aliphatic heterocycles. The first kappa shape index (κ1) is 116. The van der Waals surface area contributed by atoms with Crippen molar-refractivity contribution in [3.05, 3.63) is 197 Å². The molecule has 2 amide bonds. The highest BCUT2D eigenvalue weighted by atomic mass is 35.5. The van der Waals surface area contributed by atoms with Crippen LogP contribution in [0.3, 0.4) is 0 Å². The number of aromatic carboxylic acids is 1. The van der Waals surface area contributed by atoms with Crippen molar-refractivity contribution in [2.24, 2.45) is 170 Å². The number of methoxy groups -OCH3 is 1. The van der Waals surface area contributed by atoms with Crippen LogP contribution in [0.15, 0.2) is 164 Å². The lowest BCUT2D eigenvalue weighted by Gasteiger charge is -2.72. The second-order valence-corrected chi connectivity index (χ2v) is 55.9. The molecule has 3 aromatic carbocycles. The van der Waals surface area contributed by atoms with Crippen LogP contribution in [0.25, 0.3) is 16.7 Å². The molecule has 16 heteroatoms. The number of carboxylic acid groups (broad SMARTS) is 2. The second kappa shape index (κ2) is 41.5. The molecule has 0 heterocycles. The van der Waals surface area contributed by atoms with Gasteiger partial charge in [-0.05, 0) is 482 Å². The highest BCUT2D eigenvalue weighted by molar-refractivity contribution is 5.92. The van der Waals surface area contributed by atoms with E-state index < -0.39 is 23.1 Å². The Kier molecular flexibility index (Phi) is 32.5. The molecular weight excluding hydrogens is 1860 g/mol. The molecule has 18 rings (SSSR count). The van der Waals surface area contributed by atoms with Crippen LogP contribution in [-0.2, 0) is 38.3 Å². The molecule has 0 bridgehead atoms. The third kappa shape index (κ3) is 19.4. The van der Waals surface area contributed by atoms with E-state index >= 15 is 0 Å². The van der Waals surface area contributed by atoms with Gasteiger partial charge >= 0.3 is 23.9 Å². The van der Waals surface area contributed by atoms with Crippen LogP contribution in [0.2, 0.25) is 0 Å². The number of halogens is 1. The van der Waals surface area contributed by atoms with Crippen molar-refractivity contribution in [3.8, 4) is 0 Å². The fourth-order valence-corrected chi connectivity index (χ4v) is 38.9. The van der Waals surface area contributed by atoms with Gasteiger partial charge in [-0.3, -0.25) is 19.3 Å². The van der Waals surface area contributed by atoms with Gasteiger partial charge in [0, 0.05) is 46.0 Å². The van der Waals surface area contributed by atoms with Gasteiger partial charge in [0.05, 0.1) is 30.9 Å². The Morgan fingerprint density at radius 3 is 0.865 bits per heavy atom. The van der Waals surface area contributed by atoms with E-state index in [1.54, 1.807) is 59.7 Å². The lowest BCUT2D eigenvalue weighted by atomic mass is 9.32. The number of esters is 2. The largest absolute Gasteiger partial charge is 0.478 e. The smallest absolute Gasteiger partial charge is 0.338 e. The van der Waals surface area contributed by atoms with Crippen molar-refractivity contribution in [3.63, 3.8) is 0 Å². The summed E-state index contributed by atoms with van der Waals surface area (Å²) in [6, 6.07) is 23.8. The third-order valence-corrected chi connectivity index (χ3v) is 46.4. The van der Waals surface area contributed by atoms with Crippen LogP contribution in [0.5, 0.6) is 0 Å². The lowest BCUT2D eigenvalue weighted by Crippen LogP contribution is -2.65. The predicted molar refractivity (Wildman–Crippen MR) is 603 cm³/mol. The highest BCUT2D eigenvalue weighted by Crippen LogP contribution is 2.83. The standard InChI is InChI=1S/C45H65NO4.C43H60O4.C41H57NO4.C3H8O.ClH/c1-29(2)32-19-25-45(26-22-37(47)46(11)49-12)28-27-43(9)34(38(32)45)17-18-36-42(8)23-20-33(41(6,7)35(42)21-24-44(36,43)10)30-13-15-31(16-14-30)39(48)50-40(3,4)5;1-27(2)30-17-23-43(24-20-35(44)45)26-25-41(9)32(36(30)43)15-16-34-40(8)21-18-31(39(6,7)33(40)19-22-42(34,41)10)28-11-13-29(14-12-28)37(46)47-38(3,4)5;1-26(2)29-16-22-41(23-19-34(43)42(8)46-9)25-24-39(6)31(35(29)41)14-15-33-38(5)20-17-30(27-10-12-28(13-11-27)36(44)45)37(3,4)32(38)18-21-40(33,39)7;1-3-4-2;/h13-16,20,22,26,32,34-36,38H,1,17-19,21,23-25,27-28H2,2-12H3;11-14,18,20,24,30,32-34,36H,1,15-17,19,21-23,25-26H2,2-10H3,(H,44,45);10-13,17,19,23,29,31-33,35H,1,14-16,18,20-22,24-25H2,2-9H3,(H,44,45);3H2,1-2H3;1H/b26-22+;24-20+;23-19+;;/t32-,34+,35-,36+,38+,42-,43+,44+,45-;30-,32+,33-,34+,36+,40-,41+,42+,43-;29-,31+,32-,33+,35+,38-,39+,40+,41-;;/m000../s1. The molecule has 15 aliphatic carbocycles. The number of carboxylic acids is 2. The Hall–Kier alpha value is -7.69. The fraction of sp³-hybridized carbons (Fsp3) is 0.682. The van der Waals surface area contributed by atoms with Gasteiger partial charge in [-0.25, -0.2) is 29.3 Å². The summed E-state index contributed by atoms with van der Waals surface area (Å²) in [6.07, 6.45) is 51.5. The quantitative estimate of drug-likeness (QED) is 0.0529. The van der Waals surface area contributed by atoms with Gasteiger partial charge in [0.1, 0.15) is 11.2 Å². The number of hydrogen-bond donors (Lipinski definition) is 2. The minimum absolute atomic E-state index is 0. The Bertz CT molecular complexity index is 5690. The van der Waals surface area contributed by atoms with Crippen LogP contribution in [0, 0.1) is 170 Å². The van der Waals surface area contributed by atoms with Crippen LogP contribution in [-0.4, -0.2) is 109 Å². The molecule has 2 N–H and O–H groups in total. The number of amides is 2. The number of fused-ring (bicyclic) bond motifs is 21. The van der Waals surface area contributed by atoms with Gasteiger partial charge in [-0.1, -0.05) is 213 Å². The van der Waals surface area contributed by atoms with Crippen molar-refractivity contribution >= 4 is 64.8 Å². The van der Waals surface area contributed by atoms with Gasteiger partial charge in [-0.15, -0.1) is 12.4 Å². The minimum Gasteiger partial charge on any atom is -0.478 e. The number of aliphatic carboxylic acids is 1. The van der Waals surface area contributed by atoms with Gasteiger partial charge in [0.15, 0.2) is 0 Å². The van der Waals surface area contributed by atoms with Crippen molar-refractivity contribution in [1.29, 1.82) is 0 Å². The highest BCUT2D eigenvalue weighted by Gasteiger charge is 2.75. The Balaban J connectivity index is 0.000000171. The van der Waals surface area contributed by atoms with Crippen LogP contribution in [0.4, 0.5) is 0 Å². The third-order valence-electron chi connectivity index (χ3n) is 46.4. The summed E-state index contributed by atoms with van der Waals surface area (Å²) >= 11 is 0. The zero-order chi connectivity index (χ0) is 108. The normalized spacial score (nSPS) is 39.1. The molecule has 15 nitrogen and oxygen atoms in total. The SMILES string of the molecule is C=C(C)[C@@H]1CC[C@]2(/C=C/C(=O)N(C)OC)CC[C@]3(C)[C@H](CC[C@@H]4[C@@]5(C)CC=C(c6ccc(C(=O)O)cc6)C(C)(C)[C@@H]5CC[C@]43C)[C@@H]12.C=C(C)[C@@H]1CC[C@]2(/C=C/C(=O)N(C)OC)CC[C@]3(C)[C@H](CC[C@@H]4[C@@]5(C)CC=C(c6ccc(C(=O)OC(C)(C)C)cc6)C(C)(C)[C@@H]5CC[C@]43C)[C@@H]12.C=C(C)[C@@H]1CC[C@]2(/C=C/C(=O)O)CC[C@]3(C)[C@H](CC[C@@H]4[C@@]5(C)CC=C(c6ccc(C(=O)OC(C)(C)C)cc6)C(C)(C)[C@@H]5CC[C@]43C)[C@@H]12.CCOC.Cl. The molecular formula is C132H191ClN2O13. The second-order valence-electron chi connectivity index (χ2n) is 55.9. The van der Waals surface area contributed by atoms with Gasteiger partial charge < -0.3 is 24.4 Å². The Morgan fingerprint density at radius 2 is 0.628 bits per heavy atom. The van der Waals surface area contributed by atoms with E-state index in [2.05, 4.69) is 210 Å². The summed E-state index contributed by atoms with van der Waals surface area (Å²) in [4.78, 5) is 84.9. The fourth-order valence-electron chi connectivity index (χ4n) is 38.9. The van der Waals surface area contributed by atoms with Crippen molar-refractivity contribution in [2.75, 3.05) is 42.0 Å². The molecule has 148 heavy (non-hydrogen) atoms. The summed E-state index contributed by atoms with van der Waals surface area (Å²) < 4.78 is 15.8. The first-order valence-corrected chi connectivity index (χ1v) is 57.0. The summed E-state index contributed by atoms with van der Waals surface area (Å²) in [5, 5.41) is 21.7. The Morgan fingerprint density at radius 1 is 0.365 bits per heavy atom. The first-order chi connectivity index (χ1) is 68.5. The number of nitrogens with zero attached hydrogens (tertiary/aromatic N) is 2. The van der Waals surface area contributed by atoms with E-state index in [4.69, 9.17) is 19.1 Å². The number of ether oxygens (including phenoxy) is 3. The van der Waals surface area contributed by atoms with Gasteiger partial charge in [-0.2, -0.15) is 0 Å². The predicted octanol–water partition coefficient (Wildman–Crippen LogP) is 32.5. The Labute approximate surface area is 899 Å². The van der Waals surface area contributed by atoms with Crippen molar-refractivity contribution < 1.29 is 62.9 Å². The molecule has 0 spiro atoms. The molecule has 0 unspecified atom stereocenters. The molecule has 0 radical (unpaired) electrons. The molecule has 12 saturated carbocycles. The molecule has 0 aromatic heterocycles. The van der Waals surface area contributed by atoms with E-state index in [0.29, 0.717) is 105 Å². The average Bonchev–Trinajstić information content (AvgIpc) is 1.12. The van der Waals surface area contributed by atoms with Crippen LogP contribution < -0.4 is 0 Å². The zero-order valence-corrected chi connectivity index (χ0v) is 97.7. The molecule has 15 aliphatic rings. The molecule has 12 fully saturated rings. The minimum atomic E-state index is -0.873. The molecule has 0 saturated heterocycles. The first-order valence-electron chi connectivity index (χ1n) is 57.0. The zero-order valence-electron chi connectivity index (χ0n) is 96.9. The van der Waals surface area contributed by atoms with E-state index in [1.807, 2.05) is 84.9 Å². The van der Waals surface area contributed by atoms with E-state index in [0.717, 1.165) is 70.8 Å². The topological polar surface area (TPSA) is 196 Å². The maximum Gasteiger partial charge on any atom is 0.338 e. The summed E-state index contributed by atoms with van der Waals surface area (Å²) in [6.45, 7) is 73.2. The number of benzene rings is 3. The molecule has 27 atom stereocenters. The number of hydroxylamine groups is 4. The number of rotatable bonds is 18.